The number of hydrogen-bond acceptors (Lipinski definition) is 3. The van der Waals surface area contributed by atoms with Gasteiger partial charge in [-0.15, -0.1) is 0 Å². The first-order valence-corrected chi connectivity index (χ1v) is 10.3. The molecule has 1 fully saturated rings. The first-order valence-electron chi connectivity index (χ1n) is 10.3. The fourth-order valence-corrected chi connectivity index (χ4v) is 4.21. The van der Waals surface area contributed by atoms with Crippen molar-refractivity contribution >= 4 is 16.8 Å². The van der Waals surface area contributed by atoms with E-state index in [4.69, 9.17) is 0 Å². The molecular weight excluding hydrogens is 395 g/mol. The lowest BCUT2D eigenvalue weighted by atomic mass is 10.0. The van der Waals surface area contributed by atoms with Gasteiger partial charge >= 0.3 is 0 Å². The summed E-state index contributed by atoms with van der Waals surface area (Å²) in [4.78, 5) is 35.3. The summed E-state index contributed by atoms with van der Waals surface area (Å²) in [5.74, 6) is -0.409. The van der Waals surface area contributed by atoms with E-state index in [1.165, 1.54) is 12.1 Å². The maximum absolute atomic E-state index is 13.2. The lowest BCUT2D eigenvalue weighted by Gasteiger charge is -2.33. The monoisotopic (exact) mass is 416 g/mol. The van der Waals surface area contributed by atoms with Crippen LogP contribution in [0.3, 0.4) is 0 Å². The highest BCUT2D eigenvalue weighted by Crippen LogP contribution is 2.25. The highest BCUT2D eigenvalue weighted by Gasteiger charge is 2.27. The summed E-state index contributed by atoms with van der Waals surface area (Å²) in [6.45, 7) is 1.08. The number of para-hydroxylation sites is 1. The van der Waals surface area contributed by atoms with Gasteiger partial charge in [-0.2, -0.15) is 0 Å². The van der Waals surface area contributed by atoms with Crippen LogP contribution >= 0.6 is 0 Å². The van der Waals surface area contributed by atoms with Crippen LogP contribution in [0, 0.1) is 5.82 Å². The van der Waals surface area contributed by atoms with Gasteiger partial charge in [0.05, 0.1) is 23.3 Å². The Labute approximate surface area is 178 Å². The molecule has 156 valence electrons. The Morgan fingerprint density at radius 1 is 1.10 bits per heavy atom. The summed E-state index contributed by atoms with van der Waals surface area (Å²) >= 11 is 0. The number of nitrogens with zero attached hydrogens (tertiary/aromatic N) is 3. The maximum atomic E-state index is 13.2. The van der Waals surface area contributed by atoms with Gasteiger partial charge in [0.25, 0.3) is 11.5 Å². The molecule has 0 spiro atoms. The van der Waals surface area contributed by atoms with Gasteiger partial charge in [-0.1, -0.05) is 24.3 Å². The summed E-state index contributed by atoms with van der Waals surface area (Å²) in [5.41, 5.74) is 2.73. The third-order valence-corrected chi connectivity index (χ3v) is 5.86. The fourth-order valence-electron chi connectivity index (χ4n) is 4.21. The molecule has 1 atom stereocenters. The van der Waals surface area contributed by atoms with Crippen molar-refractivity contribution in [3.8, 4) is 11.1 Å². The van der Waals surface area contributed by atoms with Gasteiger partial charge < -0.3 is 9.88 Å². The second kappa shape index (κ2) is 7.83. The quantitative estimate of drug-likeness (QED) is 0.549. The second-order valence-electron chi connectivity index (χ2n) is 7.83. The number of carbonyl (C=O) groups excluding carboxylic acids is 1. The van der Waals surface area contributed by atoms with Crippen LogP contribution in [-0.4, -0.2) is 38.4 Å². The van der Waals surface area contributed by atoms with E-state index < -0.39 is 0 Å². The van der Waals surface area contributed by atoms with Crippen molar-refractivity contribution in [1.82, 2.24) is 19.4 Å². The molecule has 31 heavy (non-hydrogen) atoms. The van der Waals surface area contributed by atoms with Crippen molar-refractivity contribution in [2.75, 3.05) is 13.1 Å². The predicted octanol–water partition coefficient (Wildman–Crippen LogP) is 4.01. The van der Waals surface area contributed by atoms with E-state index >= 15 is 0 Å². The number of carbonyl (C=O) groups is 1. The summed E-state index contributed by atoms with van der Waals surface area (Å²) in [6, 6.07) is 15.1. The van der Waals surface area contributed by atoms with Gasteiger partial charge in [-0.25, -0.2) is 9.37 Å². The van der Waals surface area contributed by atoms with Gasteiger partial charge in [-0.05, 0) is 54.3 Å². The Kier molecular flexibility index (Phi) is 4.86. The molecule has 1 N–H and O–H groups in total. The second-order valence-corrected chi connectivity index (χ2v) is 7.83. The lowest BCUT2D eigenvalue weighted by Crippen LogP contribution is -2.43. The molecule has 0 aliphatic carbocycles. The summed E-state index contributed by atoms with van der Waals surface area (Å²) in [5, 5.41) is 0.585. The van der Waals surface area contributed by atoms with Crippen molar-refractivity contribution < 1.29 is 9.18 Å². The van der Waals surface area contributed by atoms with Crippen molar-refractivity contribution in [2.24, 2.45) is 0 Å². The van der Waals surface area contributed by atoms with Crippen molar-refractivity contribution in [3.05, 3.63) is 89.0 Å². The molecule has 1 amide bonds. The maximum Gasteiger partial charge on any atom is 0.270 e. The molecule has 0 saturated carbocycles. The van der Waals surface area contributed by atoms with E-state index in [-0.39, 0.29) is 23.3 Å². The Morgan fingerprint density at radius 3 is 2.74 bits per heavy atom. The smallest absolute Gasteiger partial charge is 0.270 e. The standard InChI is InChI=1S/C24H21FN4O2/c25-18-9-7-16(8-10-18)17-12-22(26-13-17)24(31)28-11-3-4-19(14-28)29-15-27-21-6-2-1-5-20(21)23(29)30/h1-2,5-10,12-13,15,19,26H,3-4,11,14H2. The van der Waals surface area contributed by atoms with Gasteiger partial charge in [0.2, 0.25) is 0 Å². The van der Waals surface area contributed by atoms with E-state index in [2.05, 4.69) is 9.97 Å². The zero-order valence-corrected chi connectivity index (χ0v) is 16.8. The first-order chi connectivity index (χ1) is 15.1. The van der Waals surface area contributed by atoms with Gasteiger partial charge in [0.15, 0.2) is 0 Å². The summed E-state index contributed by atoms with van der Waals surface area (Å²) in [7, 11) is 0. The van der Waals surface area contributed by atoms with Crippen molar-refractivity contribution in [3.63, 3.8) is 0 Å². The average molecular weight is 416 g/mol. The number of benzene rings is 2. The highest BCUT2D eigenvalue weighted by molar-refractivity contribution is 5.94. The Hall–Kier alpha value is -3.74. The first kappa shape index (κ1) is 19.2. The van der Waals surface area contributed by atoms with Crippen molar-refractivity contribution in [1.29, 1.82) is 0 Å². The number of halogens is 1. The molecule has 0 bridgehead atoms. The number of hydrogen-bond donors (Lipinski definition) is 1. The van der Waals surface area contributed by atoms with Crippen LogP contribution in [0.1, 0.15) is 29.4 Å². The number of rotatable bonds is 3. The van der Waals surface area contributed by atoms with E-state index in [0.717, 1.165) is 24.0 Å². The summed E-state index contributed by atoms with van der Waals surface area (Å²) in [6.07, 6.45) is 4.96. The molecular formula is C24H21FN4O2. The van der Waals surface area contributed by atoms with Crippen LogP contribution in [0.25, 0.3) is 22.0 Å². The summed E-state index contributed by atoms with van der Waals surface area (Å²) < 4.78 is 14.8. The predicted molar refractivity (Wildman–Crippen MR) is 116 cm³/mol. The van der Waals surface area contributed by atoms with Crippen LogP contribution in [0.5, 0.6) is 0 Å². The average Bonchev–Trinajstić information content (AvgIpc) is 3.30. The number of aromatic amines is 1. The minimum atomic E-state index is -0.298. The van der Waals surface area contributed by atoms with Crippen LogP contribution in [0.15, 0.2) is 71.9 Å². The molecule has 2 aromatic carbocycles. The number of H-pyrrole nitrogens is 1. The fraction of sp³-hybridized carbons (Fsp3) is 0.208. The van der Waals surface area contributed by atoms with Crippen LogP contribution in [0.4, 0.5) is 4.39 Å². The van der Waals surface area contributed by atoms with E-state index in [1.54, 1.807) is 46.3 Å². The van der Waals surface area contributed by atoms with Crippen LogP contribution in [0.2, 0.25) is 0 Å². The number of aromatic nitrogens is 3. The zero-order valence-electron chi connectivity index (χ0n) is 16.8. The van der Waals surface area contributed by atoms with E-state index in [0.29, 0.717) is 29.7 Å². The number of fused-ring (bicyclic) bond motifs is 1. The lowest BCUT2D eigenvalue weighted by molar-refractivity contribution is 0.0672. The normalized spacial score (nSPS) is 16.5. The Balaban J connectivity index is 1.37. The molecule has 1 unspecified atom stereocenters. The SMILES string of the molecule is O=C(c1cc(-c2ccc(F)cc2)c[nH]1)N1CCCC(n2cnc3ccccc3c2=O)C1. The molecule has 1 aliphatic rings. The van der Waals surface area contributed by atoms with Crippen LogP contribution < -0.4 is 5.56 Å². The molecule has 3 heterocycles. The number of likely N-dealkylation sites (tertiary alicyclic amines) is 1. The Bertz CT molecular complexity index is 1310. The van der Waals surface area contributed by atoms with E-state index in [1.807, 2.05) is 18.2 Å². The molecule has 6 nitrogen and oxygen atoms in total. The molecule has 7 heteroatoms. The minimum Gasteiger partial charge on any atom is -0.357 e. The Morgan fingerprint density at radius 2 is 1.90 bits per heavy atom. The van der Waals surface area contributed by atoms with Crippen molar-refractivity contribution in [2.45, 2.75) is 18.9 Å². The largest absolute Gasteiger partial charge is 0.357 e. The highest BCUT2D eigenvalue weighted by atomic mass is 19.1. The molecule has 1 aliphatic heterocycles. The van der Waals surface area contributed by atoms with Crippen LogP contribution in [-0.2, 0) is 0 Å². The minimum absolute atomic E-state index is 0.0802. The number of nitrogens with one attached hydrogen (secondary N) is 1. The van der Waals surface area contributed by atoms with Gasteiger partial charge in [0, 0.05) is 19.3 Å². The molecule has 5 rings (SSSR count). The number of piperidine rings is 1. The van der Waals surface area contributed by atoms with Gasteiger partial charge in [0.1, 0.15) is 11.5 Å². The molecule has 1 saturated heterocycles. The molecule has 4 aromatic rings. The topological polar surface area (TPSA) is 71.0 Å². The zero-order chi connectivity index (χ0) is 21.4. The van der Waals surface area contributed by atoms with E-state index in [9.17, 15) is 14.0 Å². The third kappa shape index (κ3) is 3.63. The number of amides is 1. The van der Waals surface area contributed by atoms with Gasteiger partial charge in [-0.3, -0.25) is 14.2 Å². The molecule has 0 radical (unpaired) electrons. The molecule has 2 aromatic heterocycles. The third-order valence-electron chi connectivity index (χ3n) is 5.86.